The Bertz CT molecular complexity index is 1760. The molecule has 0 aliphatic rings. The van der Waals surface area contributed by atoms with Crippen LogP contribution in [0.25, 0.3) is 0 Å². The zero-order valence-corrected chi connectivity index (χ0v) is 52.5. The van der Waals surface area contributed by atoms with E-state index in [1.54, 1.807) is 0 Å². The third kappa shape index (κ3) is 66.0. The fourth-order valence-electron chi connectivity index (χ4n) is 8.86. The van der Waals surface area contributed by atoms with Crippen LogP contribution >= 0.6 is 0 Å². The number of allylic oxidation sites excluding steroid dienone is 24. The van der Waals surface area contributed by atoms with E-state index in [2.05, 4.69) is 167 Å². The fraction of sp³-hybridized carbons (Fsp3) is 0.640. The van der Waals surface area contributed by atoms with Gasteiger partial charge in [0.15, 0.2) is 6.10 Å². The molecule has 0 aliphatic heterocycles. The molecule has 6 heteroatoms. The summed E-state index contributed by atoms with van der Waals surface area (Å²) < 4.78 is 16.9. The molecule has 0 rings (SSSR count). The summed E-state index contributed by atoms with van der Waals surface area (Å²) in [6, 6.07) is 0. The minimum atomic E-state index is -0.811. The van der Waals surface area contributed by atoms with Crippen LogP contribution in [0, 0.1) is 0 Å². The van der Waals surface area contributed by atoms with Gasteiger partial charge in [-0.15, -0.1) is 0 Å². The molecule has 0 saturated carbocycles. The van der Waals surface area contributed by atoms with E-state index in [0.717, 1.165) is 122 Å². The summed E-state index contributed by atoms with van der Waals surface area (Å²) >= 11 is 0. The minimum Gasteiger partial charge on any atom is -0.462 e. The number of rotatable bonds is 59. The van der Waals surface area contributed by atoms with Gasteiger partial charge in [-0.1, -0.05) is 295 Å². The first-order valence-electron chi connectivity index (χ1n) is 33.3. The lowest BCUT2D eigenvalue weighted by Gasteiger charge is -2.18. The second kappa shape index (κ2) is 67.8. The third-order valence-corrected chi connectivity index (χ3v) is 13.8. The van der Waals surface area contributed by atoms with E-state index in [1.165, 1.54) is 122 Å². The van der Waals surface area contributed by atoms with Gasteiger partial charge < -0.3 is 14.2 Å². The Morgan fingerprint density at radius 2 is 0.494 bits per heavy atom. The summed E-state index contributed by atoms with van der Waals surface area (Å²) in [5.74, 6) is -0.971. The van der Waals surface area contributed by atoms with Crippen molar-refractivity contribution in [2.45, 2.75) is 297 Å². The van der Waals surface area contributed by atoms with Crippen LogP contribution in [-0.2, 0) is 28.6 Å². The number of unbranched alkanes of at least 4 members (excludes halogenated alkanes) is 24. The Morgan fingerprint density at radius 3 is 0.802 bits per heavy atom. The Labute approximate surface area is 499 Å². The highest BCUT2D eigenvalue weighted by Crippen LogP contribution is 2.15. The molecule has 6 nitrogen and oxygen atoms in total. The predicted molar refractivity (Wildman–Crippen MR) is 352 cm³/mol. The molecule has 81 heavy (non-hydrogen) atoms. The molecule has 0 saturated heterocycles. The fourth-order valence-corrected chi connectivity index (χ4v) is 8.86. The highest BCUT2D eigenvalue weighted by Gasteiger charge is 2.19. The average molecular weight is 1120 g/mol. The van der Waals surface area contributed by atoms with Gasteiger partial charge in [-0.25, -0.2) is 0 Å². The zero-order valence-electron chi connectivity index (χ0n) is 52.5. The number of carbonyl (C=O) groups excluding carboxylic acids is 3. The molecule has 0 heterocycles. The van der Waals surface area contributed by atoms with Gasteiger partial charge in [-0.2, -0.15) is 0 Å². The van der Waals surface area contributed by atoms with E-state index in [0.29, 0.717) is 19.3 Å². The molecular weight excluding hydrogens is 997 g/mol. The summed E-state index contributed by atoms with van der Waals surface area (Å²) in [6.45, 7) is 6.46. The van der Waals surface area contributed by atoms with E-state index in [4.69, 9.17) is 14.2 Å². The van der Waals surface area contributed by atoms with Crippen LogP contribution in [-0.4, -0.2) is 37.2 Å². The van der Waals surface area contributed by atoms with E-state index in [9.17, 15) is 14.4 Å². The summed E-state index contributed by atoms with van der Waals surface area (Å²) in [6.07, 6.45) is 97.2. The van der Waals surface area contributed by atoms with Crippen molar-refractivity contribution in [3.05, 3.63) is 146 Å². The lowest BCUT2D eigenvalue weighted by Crippen LogP contribution is -2.30. The second-order valence-electron chi connectivity index (χ2n) is 21.6. The van der Waals surface area contributed by atoms with Crippen LogP contribution in [0.5, 0.6) is 0 Å². The van der Waals surface area contributed by atoms with E-state index < -0.39 is 6.10 Å². The zero-order chi connectivity index (χ0) is 58.5. The van der Waals surface area contributed by atoms with Gasteiger partial charge >= 0.3 is 17.9 Å². The van der Waals surface area contributed by atoms with Crippen molar-refractivity contribution in [3.63, 3.8) is 0 Å². The Morgan fingerprint density at radius 1 is 0.259 bits per heavy atom. The van der Waals surface area contributed by atoms with Gasteiger partial charge in [0.05, 0.1) is 0 Å². The first-order chi connectivity index (χ1) is 40.0. The van der Waals surface area contributed by atoms with Crippen molar-refractivity contribution in [1.29, 1.82) is 0 Å². The predicted octanol–water partition coefficient (Wildman–Crippen LogP) is 23.1. The van der Waals surface area contributed by atoms with Gasteiger partial charge in [0.2, 0.25) is 0 Å². The van der Waals surface area contributed by atoms with Crippen LogP contribution in [0.3, 0.4) is 0 Å². The van der Waals surface area contributed by atoms with Crippen LogP contribution in [0.15, 0.2) is 146 Å². The number of hydrogen-bond acceptors (Lipinski definition) is 6. The van der Waals surface area contributed by atoms with Crippen molar-refractivity contribution in [3.8, 4) is 0 Å². The molecule has 0 N–H and O–H groups in total. The molecule has 0 fully saturated rings. The van der Waals surface area contributed by atoms with Crippen LogP contribution in [0.2, 0.25) is 0 Å². The molecule has 0 aromatic rings. The maximum Gasteiger partial charge on any atom is 0.306 e. The molecular formula is C75H122O6. The SMILES string of the molecule is CC/C=C\C/C=C\C/C=C\C/C=C\C/C=C\C/C=C\C/C=C\C/C=C\C/C=C\CCCC(=O)OCC(COC(=O)CCCCCCCCCCCCC)OC(=O)CCCCCCCCCC/C=C\C/C=C\C/C=C\CCCCCCC. The number of carbonyl (C=O) groups is 3. The van der Waals surface area contributed by atoms with Crippen LogP contribution in [0.4, 0.5) is 0 Å². The van der Waals surface area contributed by atoms with Crippen LogP contribution < -0.4 is 0 Å². The molecule has 0 amide bonds. The van der Waals surface area contributed by atoms with Gasteiger partial charge in [-0.3, -0.25) is 14.4 Å². The van der Waals surface area contributed by atoms with Gasteiger partial charge in [0.1, 0.15) is 13.2 Å². The second-order valence-corrected chi connectivity index (χ2v) is 21.6. The van der Waals surface area contributed by atoms with Gasteiger partial charge in [0.25, 0.3) is 0 Å². The summed E-state index contributed by atoms with van der Waals surface area (Å²) in [7, 11) is 0. The highest BCUT2D eigenvalue weighted by atomic mass is 16.6. The van der Waals surface area contributed by atoms with Crippen molar-refractivity contribution < 1.29 is 28.6 Å². The maximum absolute atomic E-state index is 12.9. The molecule has 458 valence electrons. The summed E-state index contributed by atoms with van der Waals surface area (Å²) in [5.41, 5.74) is 0. The first-order valence-corrected chi connectivity index (χ1v) is 33.3. The monoisotopic (exact) mass is 1120 g/mol. The Kier molecular flexibility index (Phi) is 63.9. The number of ether oxygens (including phenoxy) is 3. The largest absolute Gasteiger partial charge is 0.462 e. The lowest BCUT2D eigenvalue weighted by atomic mass is 10.1. The average Bonchev–Trinajstić information content (AvgIpc) is 3.47. The van der Waals surface area contributed by atoms with Crippen molar-refractivity contribution in [2.75, 3.05) is 13.2 Å². The van der Waals surface area contributed by atoms with Gasteiger partial charge in [0, 0.05) is 19.3 Å². The summed E-state index contributed by atoms with van der Waals surface area (Å²) in [4.78, 5) is 38.3. The quantitative estimate of drug-likeness (QED) is 0.0261. The molecule has 1 atom stereocenters. The summed E-state index contributed by atoms with van der Waals surface area (Å²) in [5, 5.41) is 0. The molecule has 0 radical (unpaired) electrons. The molecule has 0 aliphatic carbocycles. The molecule has 1 unspecified atom stereocenters. The van der Waals surface area contributed by atoms with Crippen molar-refractivity contribution >= 4 is 17.9 Å². The van der Waals surface area contributed by atoms with Gasteiger partial charge in [-0.05, 0) is 122 Å². The standard InChI is InChI=1S/C75H122O6/c1-4-7-10-13-16-19-22-24-26-28-30-32-34-35-36-37-38-39-41-42-44-46-48-50-53-56-59-62-65-68-74(77)80-71-72(70-79-73(76)67-64-61-58-55-52-21-18-15-12-9-6-3)81-75(78)69-66-63-60-57-54-51-49-47-45-43-40-33-31-29-27-25-23-20-17-14-11-8-5-2/h7,10,16,19,23-26,29-32,35-36,38-40,42-44,48,50,56,59,72H,4-6,8-9,11-15,17-18,20-22,27-28,33-34,37,41,45-47,49,51-55,57-58,60-71H2,1-3H3/b10-7-,19-16-,25-23-,26-24-,31-29-,32-30-,36-35-,39-38-,43-40-,44-42-,50-48-,59-56-. The topological polar surface area (TPSA) is 78.9 Å². The van der Waals surface area contributed by atoms with E-state index in [-0.39, 0.29) is 37.5 Å². The Hall–Kier alpha value is -4.71. The minimum absolute atomic E-state index is 0.102. The molecule has 0 aromatic carbocycles. The lowest BCUT2D eigenvalue weighted by molar-refractivity contribution is -0.167. The van der Waals surface area contributed by atoms with Crippen LogP contribution in [0.1, 0.15) is 290 Å². The number of hydrogen-bond donors (Lipinski definition) is 0. The molecule has 0 aromatic heterocycles. The number of esters is 3. The maximum atomic E-state index is 12.9. The van der Waals surface area contributed by atoms with E-state index >= 15 is 0 Å². The van der Waals surface area contributed by atoms with E-state index in [1.807, 2.05) is 0 Å². The molecule has 0 bridgehead atoms. The first kappa shape index (κ1) is 76.3. The Balaban J connectivity index is 4.42. The smallest absolute Gasteiger partial charge is 0.306 e. The highest BCUT2D eigenvalue weighted by molar-refractivity contribution is 5.71. The van der Waals surface area contributed by atoms with Crippen molar-refractivity contribution in [2.24, 2.45) is 0 Å². The molecule has 0 spiro atoms. The third-order valence-electron chi connectivity index (χ3n) is 13.8. The van der Waals surface area contributed by atoms with Crippen molar-refractivity contribution in [1.82, 2.24) is 0 Å². The normalized spacial score (nSPS) is 13.1.